The molecule has 0 unspecified atom stereocenters. The number of likely N-dealkylation sites (tertiary alicyclic amines) is 2. The number of aromatic nitrogens is 1. The van der Waals surface area contributed by atoms with Gasteiger partial charge < -0.3 is 25.1 Å². The van der Waals surface area contributed by atoms with Crippen LogP contribution < -0.4 is 10.2 Å². The van der Waals surface area contributed by atoms with Crippen molar-refractivity contribution in [3.8, 4) is 0 Å². The van der Waals surface area contributed by atoms with Gasteiger partial charge >= 0.3 is 6.18 Å². The molecule has 1 saturated carbocycles. The van der Waals surface area contributed by atoms with Gasteiger partial charge in [-0.15, -0.1) is 0 Å². The molecule has 2 aromatic rings. The molecule has 238 valence electrons. The van der Waals surface area contributed by atoms with Gasteiger partial charge in [-0.1, -0.05) is 12.1 Å². The van der Waals surface area contributed by atoms with Crippen LogP contribution in [0, 0.1) is 0 Å². The third kappa shape index (κ3) is 6.29. The summed E-state index contributed by atoms with van der Waals surface area (Å²) in [4.78, 5) is 39.4. The summed E-state index contributed by atoms with van der Waals surface area (Å²) in [5, 5.41) is 14.2. The van der Waals surface area contributed by atoms with Crippen molar-refractivity contribution in [1.82, 2.24) is 25.0 Å². The molecule has 9 nitrogen and oxygen atoms in total. The smallest absolute Gasteiger partial charge is 0.384 e. The quantitative estimate of drug-likeness (QED) is 0.517. The molecular weight excluding hydrogens is 573 g/mol. The largest absolute Gasteiger partial charge is 0.416 e. The third-order valence-electron chi connectivity index (χ3n) is 10.1. The number of fused-ring (bicyclic) bond motifs is 1. The van der Waals surface area contributed by atoms with Crippen LogP contribution in [0.4, 0.5) is 19.0 Å². The lowest BCUT2D eigenvalue weighted by Gasteiger charge is -2.41. The number of anilines is 1. The van der Waals surface area contributed by atoms with Crippen LogP contribution in [0.1, 0.15) is 60.1 Å². The van der Waals surface area contributed by atoms with Crippen molar-refractivity contribution in [2.45, 2.75) is 68.4 Å². The van der Waals surface area contributed by atoms with Gasteiger partial charge in [-0.05, 0) is 75.9 Å². The van der Waals surface area contributed by atoms with E-state index < -0.39 is 23.2 Å². The Morgan fingerprint density at radius 1 is 0.955 bits per heavy atom. The van der Waals surface area contributed by atoms with Gasteiger partial charge in [0.2, 0.25) is 5.91 Å². The minimum atomic E-state index is -4.55. The Bertz CT molecular complexity index is 1360. The Hall–Kier alpha value is -3.22. The molecule has 3 saturated heterocycles. The van der Waals surface area contributed by atoms with Gasteiger partial charge in [0.15, 0.2) is 0 Å². The molecule has 44 heavy (non-hydrogen) atoms. The normalized spacial score (nSPS) is 28.2. The van der Waals surface area contributed by atoms with Crippen LogP contribution in [0.3, 0.4) is 0 Å². The molecular formula is C32H41F3N6O3. The number of piperazine rings is 1. The Labute approximate surface area is 256 Å². The Morgan fingerprint density at radius 2 is 1.66 bits per heavy atom. The number of hydrogen-bond acceptors (Lipinski definition) is 7. The van der Waals surface area contributed by atoms with Crippen LogP contribution in [0.5, 0.6) is 0 Å². The zero-order valence-corrected chi connectivity index (χ0v) is 25.1. The lowest BCUT2D eigenvalue weighted by molar-refractivity contribution is -0.137. The second-order valence-electron chi connectivity index (χ2n) is 12.7. The minimum Gasteiger partial charge on any atom is -0.384 e. The lowest BCUT2D eigenvalue weighted by Crippen LogP contribution is -2.48. The lowest BCUT2D eigenvalue weighted by atomic mass is 9.79. The maximum absolute atomic E-state index is 13.1. The zero-order valence-electron chi connectivity index (χ0n) is 25.1. The second-order valence-corrected chi connectivity index (χ2v) is 12.7. The number of benzene rings is 1. The molecule has 0 radical (unpaired) electrons. The van der Waals surface area contributed by atoms with E-state index in [-0.39, 0.29) is 30.1 Å². The fraction of sp³-hybridized carbons (Fsp3) is 0.594. The van der Waals surface area contributed by atoms with Crippen molar-refractivity contribution < 1.29 is 27.9 Å². The molecule has 1 aromatic carbocycles. The number of aliphatic hydroxyl groups is 1. The summed E-state index contributed by atoms with van der Waals surface area (Å²) in [6.07, 6.45) is 0.0987. The van der Waals surface area contributed by atoms with E-state index >= 15 is 0 Å². The molecule has 2 atom stereocenters. The second kappa shape index (κ2) is 12.3. The maximum atomic E-state index is 13.1. The van der Waals surface area contributed by atoms with Gasteiger partial charge in [0.25, 0.3) is 5.91 Å². The van der Waals surface area contributed by atoms with E-state index in [4.69, 9.17) is 4.98 Å². The van der Waals surface area contributed by atoms with Crippen molar-refractivity contribution in [3.05, 3.63) is 59.3 Å². The molecule has 0 bridgehead atoms. The molecule has 12 heteroatoms. The number of nitrogens with zero attached hydrogens (tertiary/aromatic N) is 5. The van der Waals surface area contributed by atoms with Crippen LogP contribution in [-0.4, -0.2) is 108 Å². The van der Waals surface area contributed by atoms with Crippen LogP contribution in [0.2, 0.25) is 0 Å². The summed E-state index contributed by atoms with van der Waals surface area (Å²) in [6, 6.07) is 10.8. The summed E-state index contributed by atoms with van der Waals surface area (Å²) >= 11 is 0. The molecule has 4 fully saturated rings. The fourth-order valence-electron chi connectivity index (χ4n) is 7.54. The first-order valence-electron chi connectivity index (χ1n) is 15.7. The van der Waals surface area contributed by atoms with Crippen LogP contribution in [0.15, 0.2) is 42.5 Å². The molecule has 4 heterocycles. The first-order valence-corrected chi connectivity index (χ1v) is 15.7. The average Bonchev–Trinajstić information content (AvgIpc) is 3.63. The van der Waals surface area contributed by atoms with Gasteiger partial charge in [-0.2, -0.15) is 13.2 Å². The van der Waals surface area contributed by atoms with Crippen molar-refractivity contribution in [2.75, 3.05) is 57.8 Å². The monoisotopic (exact) mass is 614 g/mol. The highest BCUT2D eigenvalue weighted by atomic mass is 19.4. The highest BCUT2D eigenvalue weighted by molar-refractivity contribution is 5.96. The predicted octanol–water partition coefficient (Wildman–Crippen LogP) is 3.09. The molecule has 1 aromatic heterocycles. The molecule has 2 N–H and O–H groups in total. The van der Waals surface area contributed by atoms with Crippen LogP contribution in [0.25, 0.3) is 0 Å². The zero-order chi connectivity index (χ0) is 31.1. The number of nitrogens with one attached hydrogen (secondary N) is 1. The van der Waals surface area contributed by atoms with Gasteiger partial charge in [0, 0.05) is 63.0 Å². The first-order chi connectivity index (χ1) is 21.0. The maximum Gasteiger partial charge on any atom is 0.416 e. The molecule has 2 amide bonds. The Balaban J connectivity index is 1.01. The number of amides is 2. The highest BCUT2D eigenvalue weighted by Gasteiger charge is 2.48. The highest BCUT2D eigenvalue weighted by Crippen LogP contribution is 2.42. The fourth-order valence-corrected chi connectivity index (χ4v) is 7.54. The van der Waals surface area contributed by atoms with Crippen molar-refractivity contribution in [1.29, 1.82) is 0 Å². The minimum absolute atomic E-state index is 0.0516. The molecule has 6 rings (SSSR count). The van der Waals surface area contributed by atoms with Crippen molar-refractivity contribution in [2.24, 2.45) is 0 Å². The Kier molecular flexibility index (Phi) is 8.60. The van der Waals surface area contributed by atoms with E-state index in [1.807, 2.05) is 23.1 Å². The number of carbonyl (C=O) groups is 2. The van der Waals surface area contributed by atoms with Crippen LogP contribution in [-0.2, 0) is 16.6 Å². The molecule has 1 aliphatic carbocycles. The number of rotatable bonds is 6. The van der Waals surface area contributed by atoms with Gasteiger partial charge in [-0.25, -0.2) is 4.98 Å². The average molecular weight is 615 g/mol. The summed E-state index contributed by atoms with van der Waals surface area (Å²) in [6.45, 7) is 5.04. The van der Waals surface area contributed by atoms with E-state index in [9.17, 15) is 27.9 Å². The standard InChI is InChI=1S/C32H41F3N6O3/c1-38-16-18-39(19-17-38)28-7-3-6-27(37-28)31(44)12-8-24(9-13-31)40-14-10-26-25(40)11-15-41(26)29(42)21-36-30(43)22-4-2-5-23(20-22)32(33,34)35/h2-7,20,24-26,44H,8-19,21H2,1H3,(H,36,43)/t24?,25-,26-,31?/m0/s1. The summed E-state index contributed by atoms with van der Waals surface area (Å²) < 4.78 is 39.1. The Morgan fingerprint density at radius 3 is 2.39 bits per heavy atom. The van der Waals surface area contributed by atoms with Gasteiger partial charge in [-0.3, -0.25) is 14.5 Å². The van der Waals surface area contributed by atoms with E-state index in [0.717, 1.165) is 82.1 Å². The van der Waals surface area contributed by atoms with Crippen LogP contribution >= 0.6 is 0 Å². The van der Waals surface area contributed by atoms with Crippen molar-refractivity contribution >= 4 is 17.6 Å². The van der Waals surface area contributed by atoms with Gasteiger partial charge in [0.05, 0.1) is 17.8 Å². The van der Waals surface area contributed by atoms with E-state index in [1.165, 1.54) is 12.1 Å². The number of pyridine rings is 1. The van der Waals surface area contributed by atoms with Crippen molar-refractivity contribution in [3.63, 3.8) is 0 Å². The SMILES string of the molecule is CN1CCN(c2cccc(C3(O)CCC(N4CC[C@H]5[C@@H]4CCN5C(=O)CNC(=O)c4cccc(C(F)(F)F)c4)CC3)n2)CC1. The number of likely N-dealkylation sites (N-methyl/N-ethyl adjacent to an activating group) is 1. The summed E-state index contributed by atoms with van der Waals surface area (Å²) in [5.74, 6) is 0.00534. The molecule has 4 aliphatic rings. The number of alkyl halides is 3. The first kappa shape index (κ1) is 30.8. The van der Waals surface area contributed by atoms with E-state index in [2.05, 4.69) is 27.1 Å². The van der Waals surface area contributed by atoms with E-state index in [1.54, 1.807) is 0 Å². The number of hydrogen-bond donors (Lipinski definition) is 2. The number of halogens is 3. The van der Waals surface area contributed by atoms with E-state index in [0.29, 0.717) is 25.4 Å². The number of carbonyl (C=O) groups excluding carboxylic acids is 2. The summed E-state index contributed by atoms with van der Waals surface area (Å²) in [7, 11) is 2.12. The molecule has 0 spiro atoms. The summed E-state index contributed by atoms with van der Waals surface area (Å²) in [5.41, 5.74) is -1.23. The molecule has 3 aliphatic heterocycles. The van der Waals surface area contributed by atoms with Gasteiger partial charge in [0.1, 0.15) is 11.4 Å². The third-order valence-corrected chi connectivity index (χ3v) is 10.1. The topological polar surface area (TPSA) is 92.3 Å². The predicted molar refractivity (Wildman–Crippen MR) is 159 cm³/mol.